The van der Waals surface area contributed by atoms with E-state index < -0.39 is 10.7 Å². The minimum atomic E-state index is -2.47. The van der Waals surface area contributed by atoms with E-state index in [0.29, 0.717) is 27.9 Å². The van der Waals surface area contributed by atoms with E-state index >= 15 is 0 Å². The number of para-hydroxylation sites is 1. The van der Waals surface area contributed by atoms with Gasteiger partial charge >= 0.3 is 0 Å². The van der Waals surface area contributed by atoms with Crippen LogP contribution in [-0.2, 0) is 0 Å². The predicted molar refractivity (Wildman–Crippen MR) is 108 cm³/mol. The number of hydrogen-bond donors (Lipinski definition) is 2. The molecule has 0 bridgehead atoms. The van der Waals surface area contributed by atoms with Crippen molar-refractivity contribution in [1.29, 1.82) is 0 Å². The molecule has 0 heterocycles. The summed E-state index contributed by atoms with van der Waals surface area (Å²) < 4.78 is 24.5. The Bertz CT molecular complexity index is 858. The van der Waals surface area contributed by atoms with Gasteiger partial charge in [0.05, 0.1) is 10.5 Å². The molecule has 0 aliphatic carbocycles. The monoisotopic (exact) mass is 408 g/mol. The predicted octanol–water partition coefficient (Wildman–Crippen LogP) is 4.90. The maximum absolute atomic E-state index is 12.3. The average molecular weight is 408 g/mol. The van der Waals surface area contributed by atoms with Crippen molar-refractivity contribution in [3.8, 4) is 0 Å². The topological polar surface area (TPSA) is 79.6 Å². The molecule has 2 N–H and O–H groups in total. The number of nitro groups is 1. The van der Waals surface area contributed by atoms with Crippen molar-refractivity contribution < 1.29 is 13.7 Å². The number of hydrazone groups is 1. The lowest BCUT2D eigenvalue weighted by molar-refractivity contribution is -0.385. The number of halogens is 2. The molecule has 2 aromatic rings. The SMILES string of the molecule is O=[N+]([O-])c1ccccc1/C=C/C=N\NC(=S)Nc1ccc(SC(F)F)cc1. The van der Waals surface area contributed by atoms with Crippen LogP contribution in [0, 0.1) is 10.1 Å². The zero-order valence-corrected chi connectivity index (χ0v) is 15.3. The molecule has 0 saturated carbocycles. The molecule has 27 heavy (non-hydrogen) atoms. The Morgan fingerprint density at radius 2 is 1.93 bits per heavy atom. The summed E-state index contributed by atoms with van der Waals surface area (Å²) >= 11 is 5.53. The second-order valence-electron chi connectivity index (χ2n) is 4.92. The smallest absolute Gasteiger partial charge is 0.288 e. The first-order valence-electron chi connectivity index (χ1n) is 7.51. The van der Waals surface area contributed by atoms with Crippen LogP contribution >= 0.6 is 24.0 Å². The van der Waals surface area contributed by atoms with Gasteiger partial charge in [-0.2, -0.15) is 13.9 Å². The first kappa shape index (κ1) is 20.5. The van der Waals surface area contributed by atoms with Crippen LogP contribution in [0.15, 0.2) is 64.6 Å². The number of hydrogen-bond acceptors (Lipinski definition) is 5. The van der Waals surface area contributed by atoms with Crippen molar-refractivity contribution >= 4 is 52.8 Å². The highest BCUT2D eigenvalue weighted by atomic mass is 32.2. The summed E-state index contributed by atoms with van der Waals surface area (Å²) in [6.45, 7) is 0. The molecule has 0 spiro atoms. The van der Waals surface area contributed by atoms with E-state index in [1.54, 1.807) is 48.5 Å². The molecule has 0 radical (unpaired) electrons. The molecule has 2 rings (SSSR count). The van der Waals surface area contributed by atoms with Crippen molar-refractivity contribution in [3.05, 3.63) is 70.3 Å². The lowest BCUT2D eigenvalue weighted by atomic mass is 10.2. The Kier molecular flexibility index (Phi) is 7.83. The third-order valence-electron chi connectivity index (χ3n) is 3.07. The molecule has 0 aliphatic heterocycles. The molecule has 0 amide bonds. The molecular formula is C17H14F2N4O2S2. The fourth-order valence-corrected chi connectivity index (χ4v) is 2.63. The van der Waals surface area contributed by atoms with Crippen LogP contribution < -0.4 is 10.7 Å². The summed E-state index contributed by atoms with van der Waals surface area (Å²) in [5.74, 6) is -2.47. The second-order valence-corrected chi connectivity index (χ2v) is 6.39. The first-order valence-corrected chi connectivity index (χ1v) is 8.79. The van der Waals surface area contributed by atoms with Crippen LogP contribution in [0.25, 0.3) is 6.08 Å². The highest BCUT2D eigenvalue weighted by Crippen LogP contribution is 2.26. The number of thioether (sulfide) groups is 1. The maximum atomic E-state index is 12.3. The molecule has 0 aliphatic rings. The standard InChI is InChI=1S/C17H14F2N4O2S2/c18-16(19)27-14-9-7-13(8-10-14)21-17(26)22-20-11-3-5-12-4-1-2-6-15(12)23(24)25/h1-11,16H,(H2,21,22,26)/b5-3+,20-11-. The van der Waals surface area contributed by atoms with Gasteiger partial charge in [-0.3, -0.25) is 15.5 Å². The van der Waals surface area contributed by atoms with E-state index in [-0.39, 0.29) is 10.8 Å². The van der Waals surface area contributed by atoms with Crippen molar-refractivity contribution in [3.63, 3.8) is 0 Å². The molecule has 0 fully saturated rings. The summed E-state index contributed by atoms with van der Waals surface area (Å²) in [4.78, 5) is 10.9. The minimum Gasteiger partial charge on any atom is -0.331 e. The molecule has 6 nitrogen and oxygen atoms in total. The van der Waals surface area contributed by atoms with Crippen LogP contribution in [0.1, 0.15) is 5.56 Å². The summed E-state index contributed by atoms with van der Waals surface area (Å²) in [5, 5.41) is 17.8. The lowest BCUT2D eigenvalue weighted by Crippen LogP contribution is -2.23. The quantitative estimate of drug-likeness (QED) is 0.223. The maximum Gasteiger partial charge on any atom is 0.288 e. The normalized spacial score (nSPS) is 11.2. The van der Waals surface area contributed by atoms with Gasteiger partial charge in [0, 0.05) is 22.9 Å². The number of rotatable bonds is 7. The first-order chi connectivity index (χ1) is 13.0. The third-order valence-corrected chi connectivity index (χ3v) is 3.99. The Balaban J connectivity index is 1.84. The molecule has 2 aromatic carbocycles. The van der Waals surface area contributed by atoms with Gasteiger partial charge in [0.2, 0.25) is 0 Å². The van der Waals surface area contributed by atoms with Crippen LogP contribution in [0.4, 0.5) is 20.2 Å². The Morgan fingerprint density at radius 1 is 1.22 bits per heavy atom. The fourth-order valence-electron chi connectivity index (χ4n) is 1.96. The Hall–Kier alpha value is -2.85. The van der Waals surface area contributed by atoms with Crippen molar-refractivity contribution in [2.45, 2.75) is 10.7 Å². The lowest BCUT2D eigenvalue weighted by Gasteiger charge is -2.07. The van der Waals surface area contributed by atoms with Crippen molar-refractivity contribution in [2.24, 2.45) is 5.10 Å². The van der Waals surface area contributed by atoms with Crippen LogP contribution in [0.5, 0.6) is 0 Å². The van der Waals surface area contributed by atoms with Gasteiger partial charge in [-0.05, 0) is 54.7 Å². The Morgan fingerprint density at radius 3 is 2.59 bits per heavy atom. The van der Waals surface area contributed by atoms with Gasteiger partial charge in [0.1, 0.15) is 0 Å². The van der Waals surface area contributed by atoms with E-state index in [4.69, 9.17) is 12.2 Å². The average Bonchev–Trinajstić information content (AvgIpc) is 2.63. The summed E-state index contributed by atoms with van der Waals surface area (Å²) in [5.41, 5.74) is 3.66. The van der Waals surface area contributed by atoms with E-state index in [1.165, 1.54) is 18.4 Å². The Labute approximate surface area is 163 Å². The molecule has 0 unspecified atom stereocenters. The molecule has 10 heteroatoms. The van der Waals surface area contributed by atoms with E-state index in [1.807, 2.05) is 0 Å². The molecular weight excluding hydrogens is 394 g/mol. The highest BCUT2D eigenvalue weighted by molar-refractivity contribution is 7.99. The molecule has 140 valence electrons. The highest BCUT2D eigenvalue weighted by Gasteiger charge is 2.08. The number of thiocarbonyl (C=S) groups is 1. The van der Waals surface area contributed by atoms with Crippen molar-refractivity contribution in [2.75, 3.05) is 5.32 Å². The fraction of sp³-hybridized carbons (Fsp3) is 0.0588. The number of allylic oxidation sites excluding steroid dienone is 1. The van der Waals surface area contributed by atoms with Gasteiger partial charge in [0.25, 0.3) is 11.4 Å². The zero-order valence-electron chi connectivity index (χ0n) is 13.7. The van der Waals surface area contributed by atoms with Gasteiger partial charge < -0.3 is 5.32 Å². The van der Waals surface area contributed by atoms with Gasteiger partial charge in [-0.15, -0.1) is 0 Å². The number of nitro benzene ring substituents is 1. The van der Waals surface area contributed by atoms with Crippen LogP contribution in [-0.4, -0.2) is 22.0 Å². The molecule has 0 aromatic heterocycles. The van der Waals surface area contributed by atoms with Crippen molar-refractivity contribution in [1.82, 2.24) is 5.43 Å². The third kappa shape index (κ3) is 7.12. The van der Waals surface area contributed by atoms with Gasteiger partial charge in [-0.25, -0.2) is 0 Å². The minimum absolute atomic E-state index is 0.000693. The number of anilines is 1. The van der Waals surface area contributed by atoms with Gasteiger partial charge in [0.15, 0.2) is 5.11 Å². The van der Waals surface area contributed by atoms with Crippen LogP contribution in [0.2, 0.25) is 0 Å². The van der Waals surface area contributed by atoms with Gasteiger partial charge in [-0.1, -0.05) is 23.9 Å². The molecule has 0 atom stereocenters. The van der Waals surface area contributed by atoms with E-state index in [2.05, 4.69) is 15.8 Å². The number of benzene rings is 2. The number of nitrogens with one attached hydrogen (secondary N) is 2. The second kappa shape index (κ2) is 10.3. The summed E-state index contributed by atoms with van der Waals surface area (Å²) in [7, 11) is 0. The zero-order chi connectivity index (χ0) is 19.6. The summed E-state index contributed by atoms with van der Waals surface area (Å²) in [6, 6.07) is 12.7. The summed E-state index contributed by atoms with van der Waals surface area (Å²) in [6.07, 6.45) is 4.49. The number of nitrogens with zero attached hydrogens (tertiary/aromatic N) is 2. The number of alkyl halides is 2. The van der Waals surface area contributed by atoms with E-state index in [9.17, 15) is 18.9 Å². The van der Waals surface area contributed by atoms with E-state index in [0.717, 1.165) is 0 Å². The largest absolute Gasteiger partial charge is 0.331 e. The molecule has 0 saturated heterocycles. The van der Waals surface area contributed by atoms with Crippen LogP contribution in [0.3, 0.4) is 0 Å².